The molecule has 0 aromatic heterocycles. The van der Waals surface area contributed by atoms with Crippen LogP contribution in [0, 0.1) is 0 Å². The highest BCUT2D eigenvalue weighted by Gasteiger charge is 2.16. The Hall–Kier alpha value is -3.03. The van der Waals surface area contributed by atoms with Gasteiger partial charge in [0.1, 0.15) is 5.75 Å². The van der Waals surface area contributed by atoms with Crippen LogP contribution in [-0.2, 0) is 13.0 Å². The molecule has 6 nitrogen and oxygen atoms in total. The molecular weight excluding hydrogens is 380 g/mol. The Morgan fingerprint density at radius 3 is 2.48 bits per heavy atom. The topological polar surface area (TPSA) is 64.1 Å². The summed E-state index contributed by atoms with van der Waals surface area (Å²) in [4.78, 5) is 4.17. The highest BCUT2D eigenvalue weighted by molar-refractivity contribution is 5.79. The highest BCUT2D eigenvalue weighted by atomic mass is 19.3. The van der Waals surface area contributed by atoms with Crippen LogP contribution in [0.2, 0.25) is 0 Å². The minimum Gasteiger partial charge on any atom is -0.497 e. The summed E-state index contributed by atoms with van der Waals surface area (Å²) in [6.07, 6.45) is 0.796. The monoisotopic (exact) mass is 407 g/mol. The molecule has 2 aromatic carbocycles. The molecule has 0 unspecified atom stereocenters. The van der Waals surface area contributed by atoms with Crippen molar-refractivity contribution in [3.8, 4) is 17.2 Å². The third-order valence-electron chi connectivity index (χ3n) is 4.10. The quantitative estimate of drug-likeness (QED) is 0.465. The third-order valence-corrected chi connectivity index (χ3v) is 4.10. The molecule has 0 heterocycles. The van der Waals surface area contributed by atoms with Crippen LogP contribution in [0.25, 0.3) is 0 Å². The van der Waals surface area contributed by atoms with Gasteiger partial charge in [0.15, 0.2) is 17.5 Å². The lowest BCUT2D eigenvalue weighted by atomic mass is 10.1. The fourth-order valence-corrected chi connectivity index (χ4v) is 2.71. The molecular formula is C21H27F2N3O3. The standard InChI is InChI=1S/C21H27F2N3O3/c1-4-28-18-7-5-6-16(19(18)29-20(22)23)14-26-21(24-2)25-13-12-15-8-10-17(27-3)11-9-15/h5-11,20H,4,12-14H2,1-3H3,(H2,24,25,26). The lowest BCUT2D eigenvalue weighted by Crippen LogP contribution is -2.38. The number of nitrogens with one attached hydrogen (secondary N) is 2. The summed E-state index contributed by atoms with van der Waals surface area (Å²) in [5.74, 6) is 1.69. The van der Waals surface area contributed by atoms with Gasteiger partial charge in [-0.15, -0.1) is 0 Å². The molecule has 29 heavy (non-hydrogen) atoms. The Bertz CT molecular complexity index is 783. The Morgan fingerprint density at radius 2 is 1.86 bits per heavy atom. The van der Waals surface area contributed by atoms with Crippen LogP contribution >= 0.6 is 0 Å². The summed E-state index contributed by atoms with van der Waals surface area (Å²) >= 11 is 0. The van der Waals surface area contributed by atoms with E-state index < -0.39 is 6.61 Å². The summed E-state index contributed by atoms with van der Waals surface area (Å²) in [5, 5.41) is 6.32. The number of hydrogen-bond acceptors (Lipinski definition) is 4. The molecule has 0 bridgehead atoms. The smallest absolute Gasteiger partial charge is 0.387 e. The summed E-state index contributed by atoms with van der Waals surface area (Å²) in [6.45, 7) is 0.116. The summed E-state index contributed by atoms with van der Waals surface area (Å²) in [7, 11) is 3.28. The minimum atomic E-state index is -2.93. The van der Waals surface area contributed by atoms with Gasteiger partial charge in [-0.05, 0) is 37.1 Å². The number of methoxy groups -OCH3 is 1. The molecule has 0 aliphatic rings. The maximum atomic E-state index is 12.8. The summed E-state index contributed by atoms with van der Waals surface area (Å²) < 4.78 is 40.9. The van der Waals surface area contributed by atoms with Gasteiger partial charge >= 0.3 is 6.61 Å². The number of rotatable bonds is 10. The number of benzene rings is 2. The first-order valence-corrected chi connectivity index (χ1v) is 9.34. The van der Waals surface area contributed by atoms with Crippen LogP contribution in [0.5, 0.6) is 17.2 Å². The van der Waals surface area contributed by atoms with E-state index in [1.165, 1.54) is 0 Å². The van der Waals surface area contributed by atoms with Crippen molar-refractivity contribution in [2.75, 3.05) is 27.3 Å². The number of hydrogen-bond donors (Lipinski definition) is 2. The zero-order valence-electron chi connectivity index (χ0n) is 16.9. The molecule has 0 saturated heterocycles. The first-order valence-electron chi connectivity index (χ1n) is 9.34. The van der Waals surface area contributed by atoms with Gasteiger partial charge in [0.25, 0.3) is 0 Å². The van der Waals surface area contributed by atoms with Crippen LogP contribution < -0.4 is 24.8 Å². The van der Waals surface area contributed by atoms with Crippen LogP contribution in [0.1, 0.15) is 18.1 Å². The van der Waals surface area contributed by atoms with Gasteiger partial charge in [0.2, 0.25) is 0 Å². The average Bonchev–Trinajstić information content (AvgIpc) is 2.72. The van der Waals surface area contributed by atoms with E-state index in [1.807, 2.05) is 24.3 Å². The average molecular weight is 407 g/mol. The van der Waals surface area contributed by atoms with E-state index in [4.69, 9.17) is 9.47 Å². The van der Waals surface area contributed by atoms with Crippen molar-refractivity contribution in [3.63, 3.8) is 0 Å². The first-order chi connectivity index (χ1) is 14.1. The van der Waals surface area contributed by atoms with Gasteiger partial charge in [-0.2, -0.15) is 8.78 Å². The van der Waals surface area contributed by atoms with Crippen molar-refractivity contribution in [1.82, 2.24) is 10.6 Å². The molecule has 2 aromatic rings. The fourth-order valence-electron chi connectivity index (χ4n) is 2.71. The molecule has 2 N–H and O–H groups in total. The Morgan fingerprint density at radius 1 is 1.10 bits per heavy atom. The number of aliphatic imine (C=N–C) groups is 1. The third kappa shape index (κ3) is 7.14. The van der Waals surface area contributed by atoms with Crippen molar-refractivity contribution in [2.24, 2.45) is 4.99 Å². The first kappa shape index (κ1) is 22.3. The lowest BCUT2D eigenvalue weighted by Gasteiger charge is -2.17. The number of para-hydroxylation sites is 1. The summed E-state index contributed by atoms with van der Waals surface area (Å²) in [5.41, 5.74) is 1.71. The molecule has 0 atom stereocenters. The van der Waals surface area contributed by atoms with Gasteiger partial charge in [0, 0.05) is 25.7 Å². The Balaban J connectivity index is 1.93. The molecule has 0 radical (unpaired) electrons. The second kappa shape index (κ2) is 11.7. The second-order valence-corrected chi connectivity index (χ2v) is 6.01. The van der Waals surface area contributed by atoms with E-state index in [0.717, 1.165) is 17.7 Å². The van der Waals surface area contributed by atoms with Crippen molar-refractivity contribution < 1.29 is 23.0 Å². The molecule has 0 spiro atoms. The molecule has 0 amide bonds. The maximum Gasteiger partial charge on any atom is 0.387 e. The van der Waals surface area contributed by atoms with E-state index in [-0.39, 0.29) is 18.0 Å². The van der Waals surface area contributed by atoms with Gasteiger partial charge < -0.3 is 24.8 Å². The van der Waals surface area contributed by atoms with Crippen molar-refractivity contribution in [2.45, 2.75) is 26.5 Å². The number of nitrogens with zero attached hydrogens (tertiary/aromatic N) is 1. The van der Waals surface area contributed by atoms with Gasteiger partial charge in [-0.3, -0.25) is 4.99 Å². The van der Waals surface area contributed by atoms with E-state index in [0.29, 0.717) is 24.7 Å². The SMILES string of the molecule is CCOc1cccc(CNC(=NC)NCCc2ccc(OC)cc2)c1OC(F)F. The zero-order valence-corrected chi connectivity index (χ0v) is 16.9. The number of alkyl halides is 2. The zero-order chi connectivity index (χ0) is 21.1. The number of ether oxygens (including phenoxy) is 3. The fraction of sp³-hybridized carbons (Fsp3) is 0.381. The maximum absolute atomic E-state index is 12.8. The molecule has 0 aliphatic heterocycles. The Kier molecular flexibility index (Phi) is 9.01. The number of guanidine groups is 1. The van der Waals surface area contributed by atoms with Crippen LogP contribution in [-0.4, -0.2) is 39.9 Å². The van der Waals surface area contributed by atoms with Gasteiger partial charge in [0.05, 0.1) is 13.7 Å². The molecule has 0 saturated carbocycles. The van der Waals surface area contributed by atoms with Crippen molar-refractivity contribution in [1.29, 1.82) is 0 Å². The van der Waals surface area contributed by atoms with E-state index >= 15 is 0 Å². The lowest BCUT2D eigenvalue weighted by molar-refractivity contribution is -0.0520. The molecule has 0 fully saturated rings. The van der Waals surface area contributed by atoms with Crippen molar-refractivity contribution in [3.05, 3.63) is 53.6 Å². The predicted molar refractivity (Wildman–Crippen MR) is 109 cm³/mol. The summed E-state index contributed by atoms with van der Waals surface area (Å²) in [6, 6.07) is 12.9. The highest BCUT2D eigenvalue weighted by Crippen LogP contribution is 2.32. The predicted octanol–water partition coefficient (Wildman–Crippen LogP) is 3.60. The molecule has 0 aliphatic carbocycles. The Labute approximate surface area is 169 Å². The van der Waals surface area contributed by atoms with E-state index in [9.17, 15) is 8.78 Å². The van der Waals surface area contributed by atoms with E-state index in [1.54, 1.807) is 39.3 Å². The molecule has 8 heteroatoms. The van der Waals surface area contributed by atoms with Gasteiger partial charge in [-0.25, -0.2) is 0 Å². The largest absolute Gasteiger partial charge is 0.497 e. The van der Waals surface area contributed by atoms with E-state index in [2.05, 4.69) is 20.4 Å². The van der Waals surface area contributed by atoms with Crippen LogP contribution in [0.4, 0.5) is 8.78 Å². The van der Waals surface area contributed by atoms with Crippen molar-refractivity contribution >= 4 is 5.96 Å². The van der Waals surface area contributed by atoms with Crippen LogP contribution in [0.3, 0.4) is 0 Å². The number of halogens is 2. The normalized spacial score (nSPS) is 11.3. The van der Waals surface area contributed by atoms with Crippen LogP contribution in [0.15, 0.2) is 47.5 Å². The second-order valence-electron chi connectivity index (χ2n) is 6.01. The molecule has 158 valence electrons. The van der Waals surface area contributed by atoms with Gasteiger partial charge in [-0.1, -0.05) is 24.3 Å². The molecule has 2 rings (SSSR count). The minimum absolute atomic E-state index is 0.0329.